The maximum Gasteiger partial charge on any atom is 2.00 e. The van der Waals surface area contributed by atoms with Crippen molar-refractivity contribution < 1.29 is 38.7 Å². The predicted molar refractivity (Wildman–Crippen MR) is 22.8 cm³/mol. The fraction of sp³-hybridized carbons (Fsp3) is 0. The molecule has 0 radical (unpaired) electrons. The van der Waals surface area contributed by atoms with E-state index in [0.29, 0.717) is 0 Å². The van der Waals surface area contributed by atoms with Crippen LogP contribution in [0.2, 0.25) is 0 Å². The van der Waals surface area contributed by atoms with Crippen LogP contribution in [0.1, 0.15) is 0 Å². The van der Waals surface area contributed by atoms with Gasteiger partial charge in [0, 0.05) is 0 Å². The fourth-order valence-corrected chi connectivity index (χ4v) is 0. The Balaban J connectivity index is -0.00000000889. The van der Waals surface area contributed by atoms with Gasteiger partial charge in [0.15, 0.2) is 0 Å². The van der Waals surface area contributed by atoms with Crippen LogP contribution in [-0.4, -0.2) is 12.3 Å². The summed E-state index contributed by atoms with van der Waals surface area (Å²) in [5.41, 5.74) is 0. The average molecular weight is 183 g/mol. The van der Waals surface area contributed by atoms with E-state index in [9.17, 15) is 0 Å². The Morgan fingerprint density at radius 1 is 0.667 bits per heavy atom. The number of rotatable bonds is 0. The van der Waals surface area contributed by atoms with Gasteiger partial charge in [-0.3, -0.25) is 0 Å². The molecular weight excluding hydrogens is 177 g/mol. The largest absolute Gasteiger partial charge is 2.00 e. The van der Waals surface area contributed by atoms with Crippen LogP contribution in [0.25, 0.3) is 0 Å². The van der Waals surface area contributed by atoms with E-state index in [-0.39, 0.29) is 46.6 Å². The summed E-state index contributed by atoms with van der Waals surface area (Å²) in [6.45, 7) is 0. The van der Waals surface area contributed by atoms with Gasteiger partial charge in [0.05, 0.1) is 0 Å². The van der Waals surface area contributed by atoms with Gasteiger partial charge in [0.25, 0.3) is 0 Å². The first-order valence-corrected chi connectivity index (χ1v) is 0.816. The molecule has 0 saturated heterocycles. The number of carbonyl (C=O) groups excluding carboxylic acids is 4. The van der Waals surface area contributed by atoms with Gasteiger partial charge >= 0.3 is 31.8 Å². The molecule has 0 amide bonds. The zero-order chi connectivity index (χ0) is 5.41. The average Bonchev–Trinajstić information content (AvgIpc) is 1.39. The third-order valence-corrected chi connectivity index (χ3v) is 0. The minimum Gasteiger partial charge on any atom is -0.358 e. The third-order valence-electron chi connectivity index (χ3n) is 0. The second kappa shape index (κ2) is 157. The normalized spacial score (nSPS) is 1.78. The van der Waals surface area contributed by atoms with Gasteiger partial charge in [0.2, 0.25) is 0 Å². The van der Waals surface area contributed by atoms with Crippen molar-refractivity contribution in [1.29, 1.82) is 0 Å². The van der Waals surface area contributed by atoms with Gasteiger partial charge in [0.1, 0.15) is 0 Å². The van der Waals surface area contributed by atoms with Gasteiger partial charge in [-0.1, -0.05) is 0 Å². The molecule has 9 heavy (non-hydrogen) atoms. The smallest absolute Gasteiger partial charge is 0.358 e. The van der Waals surface area contributed by atoms with Crippen molar-refractivity contribution in [3.05, 3.63) is 14.9 Å². The molecule has 0 bridgehead atoms. The summed E-state index contributed by atoms with van der Waals surface area (Å²) in [6, 6.07) is 0. The summed E-state index contributed by atoms with van der Waals surface area (Å²) in [7, 11) is 0. The van der Waals surface area contributed by atoms with Gasteiger partial charge in [-0.2, -0.15) is 19.2 Å². The summed E-state index contributed by atoms with van der Waals surface area (Å²) in [6.07, 6.45) is 0.500. The molecule has 0 N–H and O–H groups in total. The Kier molecular flexibility index (Phi) is 697. The minimum absolute atomic E-state index is 0. The summed E-state index contributed by atoms with van der Waals surface area (Å²) in [4.78, 5) is 32.5. The maximum atomic E-state index is 8.12. The second-order valence-corrected chi connectivity index (χ2v) is 0.167. The molecule has 0 fully saturated rings. The van der Waals surface area contributed by atoms with E-state index in [1.54, 1.807) is 0 Å². The zero-order valence-electron chi connectivity index (χ0n) is 5.34. The van der Waals surface area contributed by atoms with Crippen molar-refractivity contribution in [3.8, 4) is 0 Å². The Morgan fingerprint density at radius 2 is 0.667 bits per heavy atom. The van der Waals surface area contributed by atoms with Gasteiger partial charge in [-0.25, -0.2) is 0 Å². The second-order valence-electron chi connectivity index (χ2n) is 0.167. The van der Waals surface area contributed by atoms with Gasteiger partial charge in [-0.05, 0) is 0 Å². The van der Waals surface area contributed by atoms with E-state index < -0.39 is 0 Å². The molecule has 5 heteroatoms. The van der Waals surface area contributed by atoms with Crippen molar-refractivity contribution in [2.24, 2.45) is 0 Å². The van der Waals surface area contributed by atoms with Crippen LogP contribution in [0.4, 0.5) is 0 Å². The fourth-order valence-electron chi connectivity index (χ4n) is 0. The molecule has 0 atom stereocenters. The first kappa shape index (κ1) is 39.9. The predicted octanol–water partition coefficient (Wildman–Crippen LogP) is -0.269. The van der Waals surface area contributed by atoms with E-state index in [1.165, 1.54) is 0 Å². The summed E-state index contributed by atoms with van der Waals surface area (Å²) in [5.74, 6) is 0. The van der Waals surface area contributed by atoms with Crippen molar-refractivity contribution in [2.75, 3.05) is 0 Å². The molecule has 0 aromatic heterocycles. The molecule has 4 nitrogen and oxygen atoms in total. The van der Waals surface area contributed by atoms with E-state index in [1.807, 2.05) is 0 Å². The monoisotopic (exact) mass is 182 g/mol. The van der Waals surface area contributed by atoms with Crippen LogP contribution in [0.15, 0.2) is 0 Å². The molecule has 0 aliphatic rings. The summed E-state index contributed by atoms with van der Waals surface area (Å²) >= 11 is 0. The third kappa shape index (κ3) is 563. The van der Waals surface area contributed by atoms with Gasteiger partial charge in [-0.15, -0.1) is 0 Å². The number of hydrogen-bond acceptors (Lipinski definition) is 4. The molecule has 0 rings (SSSR count). The van der Waals surface area contributed by atoms with Crippen LogP contribution in [0.5, 0.6) is 0 Å². The first-order chi connectivity index (χ1) is 2.83. The van der Waals surface area contributed by atoms with Gasteiger partial charge < -0.3 is 14.9 Å². The summed E-state index contributed by atoms with van der Waals surface area (Å²) < 4.78 is 0. The molecule has 0 saturated carbocycles. The molecule has 0 spiro atoms. The molecule has 0 heterocycles. The van der Waals surface area contributed by atoms with E-state index in [2.05, 4.69) is 0 Å². The SMILES string of the molecule is O=C=O.O=C=O.[CH3-].[CH3-].[Zn+2]. The Labute approximate surface area is 66.4 Å². The van der Waals surface area contributed by atoms with E-state index in [0.717, 1.165) is 0 Å². The number of hydrogen-bond donors (Lipinski definition) is 0. The molecule has 0 unspecified atom stereocenters. The van der Waals surface area contributed by atoms with Crippen LogP contribution in [-0.2, 0) is 38.7 Å². The van der Waals surface area contributed by atoms with Crippen molar-refractivity contribution in [3.63, 3.8) is 0 Å². The Bertz CT molecular complexity index is 66.6. The van der Waals surface area contributed by atoms with Crippen LogP contribution in [0, 0.1) is 14.9 Å². The van der Waals surface area contributed by atoms with Crippen molar-refractivity contribution in [1.82, 2.24) is 0 Å². The Morgan fingerprint density at radius 3 is 0.667 bits per heavy atom. The molecule has 0 aliphatic heterocycles. The molecule has 0 aromatic rings. The molecule has 48 valence electrons. The standard InChI is InChI=1S/2CO2.2CH3.Zn/c2*2-1-3;;;/h;;2*1H3;/q;;2*-1;+2. The zero-order valence-corrected chi connectivity index (χ0v) is 8.31. The van der Waals surface area contributed by atoms with Crippen LogP contribution in [0.3, 0.4) is 0 Å². The topological polar surface area (TPSA) is 68.3 Å². The molecule has 0 aliphatic carbocycles. The first-order valence-electron chi connectivity index (χ1n) is 0.816. The van der Waals surface area contributed by atoms with E-state index in [4.69, 9.17) is 19.2 Å². The van der Waals surface area contributed by atoms with Crippen molar-refractivity contribution in [2.45, 2.75) is 0 Å². The van der Waals surface area contributed by atoms with E-state index >= 15 is 0 Å². The minimum atomic E-state index is 0. The molecule has 0 aromatic carbocycles. The molecular formula is C4H6O4Zn. The van der Waals surface area contributed by atoms with Crippen molar-refractivity contribution >= 4 is 12.3 Å². The quantitative estimate of drug-likeness (QED) is 0.383. The van der Waals surface area contributed by atoms with Crippen LogP contribution >= 0.6 is 0 Å². The maximum absolute atomic E-state index is 8.12. The Hall–Kier alpha value is -0.617. The summed E-state index contributed by atoms with van der Waals surface area (Å²) in [5, 5.41) is 0. The van der Waals surface area contributed by atoms with Crippen LogP contribution < -0.4 is 0 Å².